The van der Waals surface area contributed by atoms with Crippen LogP contribution in [0.1, 0.15) is 25.0 Å². The van der Waals surface area contributed by atoms with E-state index in [0.29, 0.717) is 11.5 Å². The van der Waals surface area contributed by atoms with Gasteiger partial charge in [0.25, 0.3) is 0 Å². The number of anilines is 2. The van der Waals surface area contributed by atoms with Crippen molar-refractivity contribution >= 4 is 34.2 Å². The molecule has 0 amide bonds. The summed E-state index contributed by atoms with van der Waals surface area (Å²) in [6, 6.07) is 12.0. The third-order valence-electron chi connectivity index (χ3n) is 4.87. The zero-order valence-electron chi connectivity index (χ0n) is 16.1. The molecule has 0 radical (unpaired) electrons. The fourth-order valence-electron chi connectivity index (χ4n) is 3.44. The van der Waals surface area contributed by atoms with Gasteiger partial charge in [-0.05, 0) is 37.1 Å². The first-order valence-electron chi connectivity index (χ1n) is 9.69. The van der Waals surface area contributed by atoms with Gasteiger partial charge in [-0.2, -0.15) is 0 Å². The topological polar surface area (TPSA) is 84.2 Å². The van der Waals surface area contributed by atoms with Crippen LogP contribution >= 0.6 is 0 Å². The van der Waals surface area contributed by atoms with E-state index in [1.807, 2.05) is 48.6 Å². The van der Waals surface area contributed by atoms with Crippen LogP contribution in [-0.2, 0) is 11.2 Å². The number of fused-ring (bicyclic) bond motifs is 1. The van der Waals surface area contributed by atoms with E-state index in [-0.39, 0.29) is 29.4 Å². The lowest BCUT2D eigenvalue weighted by molar-refractivity contribution is -0.136. The largest absolute Gasteiger partial charge is 0.481 e. The lowest BCUT2D eigenvalue weighted by atomic mass is 10.1. The number of nitrogens with zero attached hydrogens (tertiary/aromatic N) is 2. The SMILES string of the molecule is O=C(O)CCc1nc2c(cc1F)c(=O)cc(Nc1ccccc1)n2C1=CCCC=C1. The molecule has 0 bridgehead atoms. The molecule has 0 saturated heterocycles. The summed E-state index contributed by atoms with van der Waals surface area (Å²) in [4.78, 5) is 28.1. The average molecular weight is 405 g/mol. The third-order valence-corrected chi connectivity index (χ3v) is 4.87. The summed E-state index contributed by atoms with van der Waals surface area (Å²) >= 11 is 0. The highest BCUT2D eigenvalue weighted by Crippen LogP contribution is 2.27. The number of hydrogen-bond donors (Lipinski definition) is 2. The summed E-state index contributed by atoms with van der Waals surface area (Å²) in [7, 11) is 0. The summed E-state index contributed by atoms with van der Waals surface area (Å²) < 4.78 is 16.3. The number of benzene rings is 1. The van der Waals surface area contributed by atoms with E-state index in [1.165, 1.54) is 6.07 Å². The predicted molar refractivity (Wildman–Crippen MR) is 114 cm³/mol. The minimum Gasteiger partial charge on any atom is -0.481 e. The van der Waals surface area contributed by atoms with Crippen LogP contribution < -0.4 is 10.7 Å². The second-order valence-corrected chi connectivity index (χ2v) is 7.01. The lowest BCUT2D eigenvalue weighted by Crippen LogP contribution is -2.16. The van der Waals surface area contributed by atoms with Gasteiger partial charge in [0.1, 0.15) is 17.3 Å². The van der Waals surface area contributed by atoms with Crippen molar-refractivity contribution < 1.29 is 14.3 Å². The number of nitrogens with one attached hydrogen (secondary N) is 1. The molecular formula is C23H20FN3O3. The van der Waals surface area contributed by atoms with Crippen LogP contribution in [0.25, 0.3) is 16.7 Å². The van der Waals surface area contributed by atoms with E-state index in [9.17, 15) is 14.0 Å². The van der Waals surface area contributed by atoms with Crippen molar-refractivity contribution in [3.8, 4) is 0 Å². The number of pyridine rings is 2. The summed E-state index contributed by atoms with van der Waals surface area (Å²) in [5.41, 5.74) is 1.55. The number of aliphatic carboxylic acids is 1. The van der Waals surface area contributed by atoms with Crippen molar-refractivity contribution in [2.75, 3.05) is 5.32 Å². The Kier molecular flexibility index (Phi) is 5.43. The standard InChI is InChI=1S/C23H20FN3O3/c24-18-13-17-20(28)14-21(25-15-7-3-1-4-8-15)27(16-9-5-2-6-10-16)23(17)26-19(18)11-12-22(29)30/h1,3-5,7-10,13-14,25H,2,6,11-12H2,(H,29,30). The van der Waals surface area contributed by atoms with Crippen molar-refractivity contribution in [2.45, 2.75) is 25.7 Å². The molecule has 0 unspecified atom stereocenters. The number of rotatable bonds is 6. The van der Waals surface area contributed by atoms with Gasteiger partial charge < -0.3 is 10.4 Å². The number of allylic oxidation sites excluding steroid dienone is 4. The van der Waals surface area contributed by atoms with Gasteiger partial charge in [0.2, 0.25) is 0 Å². The Labute approximate surface area is 172 Å². The van der Waals surface area contributed by atoms with Crippen molar-refractivity contribution in [2.24, 2.45) is 0 Å². The number of halogens is 1. The van der Waals surface area contributed by atoms with Crippen molar-refractivity contribution in [3.63, 3.8) is 0 Å². The van der Waals surface area contributed by atoms with Gasteiger partial charge in [0, 0.05) is 23.9 Å². The maximum atomic E-state index is 14.5. The zero-order valence-corrected chi connectivity index (χ0v) is 16.1. The van der Waals surface area contributed by atoms with E-state index in [1.54, 1.807) is 4.57 Å². The molecule has 0 fully saturated rings. The molecule has 0 saturated carbocycles. The minimum atomic E-state index is -1.04. The molecule has 2 N–H and O–H groups in total. The fourth-order valence-corrected chi connectivity index (χ4v) is 3.44. The van der Waals surface area contributed by atoms with Gasteiger partial charge in [-0.15, -0.1) is 0 Å². The highest BCUT2D eigenvalue weighted by atomic mass is 19.1. The quantitative estimate of drug-likeness (QED) is 0.631. The molecule has 1 aliphatic rings. The van der Waals surface area contributed by atoms with E-state index >= 15 is 0 Å². The van der Waals surface area contributed by atoms with Crippen molar-refractivity contribution in [3.05, 3.63) is 82.4 Å². The molecule has 2 aromatic heterocycles. The molecule has 152 valence electrons. The molecule has 30 heavy (non-hydrogen) atoms. The van der Waals surface area contributed by atoms with Crippen LogP contribution in [-0.4, -0.2) is 20.6 Å². The maximum Gasteiger partial charge on any atom is 0.303 e. The first-order valence-corrected chi connectivity index (χ1v) is 9.69. The minimum absolute atomic E-state index is 0.0234. The van der Waals surface area contributed by atoms with Gasteiger partial charge in [-0.25, -0.2) is 9.37 Å². The molecule has 6 nitrogen and oxygen atoms in total. The van der Waals surface area contributed by atoms with E-state index in [4.69, 9.17) is 5.11 Å². The Morgan fingerprint density at radius 3 is 2.70 bits per heavy atom. The second kappa shape index (κ2) is 8.32. The summed E-state index contributed by atoms with van der Waals surface area (Å²) in [5, 5.41) is 12.3. The summed E-state index contributed by atoms with van der Waals surface area (Å²) in [6.07, 6.45) is 7.43. The number of carbonyl (C=O) groups is 1. The molecule has 3 aromatic rings. The van der Waals surface area contributed by atoms with Crippen LogP contribution in [0.2, 0.25) is 0 Å². The highest BCUT2D eigenvalue weighted by molar-refractivity contribution is 5.84. The second-order valence-electron chi connectivity index (χ2n) is 7.01. The van der Waals surface area contributed by atoms with Crippen molar-refractivity contribution in [1.29, 1.82) is 0 Å². The lowest BCUT2D eigenvalue weighted by Gasteiger charge is -2.20. The summed E-state index contributed by atoms with van der Waals surface area (Å²) in [5.74, 6) is -1.21. The Morgan fingerprint density at radius 1 is 1.20 bits per heavy atom. The normalized spacial score (nSPS) is 13.3. The van der Waals surface area contributed by atoms with Crippen LogP contribution in [0.3, 0.4) is 0 Å². The third kappa shape index (κ3) is 4.00. The first kappa shape index (κ1) is 19.6. The number of aromatic nitrogens is 2. The average Bonchev–Trinajstić information content (AvgIpc) is 2.74. The first-order chi connectivity index (χ1) is 14.5. The van der Waals surface area contributed by atoms with Gasteiger partial charge >= 0.3 is 5.97 Å². The summed E-state index contributed by atoms with van der Waals surface area (Å²) in [6.45, 7) is 0. The van der Waals surface area contributed by atoms with E-state index in [0.717, 1.165) is 30.3 Å². The van der Waals surface area contributed by atoms with Gasteiger partial charge in [0.05, 0.1) is 17.5 Å². The Hall–Kier alpha value is -3.74. The number of carboxylic acid groups (broad SMARTS) is 1. The number of hydrogen-bond acceptors (Lipinski definition) is 4. The van der Waals surface area contributed by atoms with Crippen LogP contribution in [0.5, 0.6) is 0 Å². The van der Waals surface area contributed by atoms with Gasteiger partial charge in [0.15, 0.2) is 5.43 Å². The molecule has 7 heteroatoms. The maximum absolute atomic E-state index is 14.5. The predicted octanol–water partition coefficient (Wildman–Crippen LogP) is 4.49. The molecule has 1 aliphatic carbocycles. The van der Waals surface area contributed by atoms with Crippen LogP contribution in [0, 0.1) is 5.82 Å². The molecular weight excluding hydrogens is 385 g/mol. The number of aryl methyl sites for hydroxylation is 1. The Balaban J connectivity index is 1.94. The van der Waals surface area contributed by atoms with Crippen molar-refractivity contribution in [1.82, 2.24) is 9.55 Å². The molecule has 0 spiro atoms. The van der Waals surface area contributed by atoms with E-state index < -0.39 is 11.8 Å². The van der Waals surface area contributed by atoms with Crippen LogP contribution in [0.4, 0.5) is 15.9 Å². The molecule has 4 rings (SSSR count). The van der Waals surface area contributed by atoms with Gasteiger partial charge in [-0.3, -0.25) is 14.2 Å². The molecule has 0 atom stereocenters. The van der Waals surface area contributed by atoms with Crippen LogP contribution in [0.15, 0.2) is 65.5 Å². The Morgan fingerprint density at radius 2 is 2.00 bits per heavy atom. The number of carboxylic acids is 1. The monoisotopic (exact) mass is 405 g/mol. The van der Waals surface area contributed by atoms with Gasteiger partial charge in [-0.1, -0.05) is 30.4 Å². The zero-order chi connectivity index (χ0) is 21.1. The highest BCUT2D eigenvalue weighted by Gasteiger charge is 2.18. The van der Waals surface area contributed by atoms with E-state index in [2.05, 4.69) is 10.3 Å². The molecule has 2 heterocycles. The molecule has 1 aromatic carbocycles. The smallest absolute Gasteiger partial charge is 0.303 e. The Bertz CT molecular complexity index is 1230. The fraction of sp³-hybridized carbons (Fsp3) is 0.174. The number of para-hydroxylation sites is 1. The molecule has 0 aliphatic heterocycles.